The Hall–Kier alpha value is -3.32. The third-order valence-corrected chi connectivity index (χ3v) is 7.21. The maximum atomic E-state index is 14.8. The molecule has 5 N–H and O–H groups in total. The number of benzene rings is 1. The Balaban J connectivity index is 0.000000644. The van der Waals surface area contributed by atoms with E-state index in [9.17, 15) is 13.9 Å². The highest BCUT2D eigenvalue weighted by molar-refractivity contribution is 7.79. The summed E-state index contributed by atoms with van der Waals surface area (Å²) in [6, 6.07) is 2.73. The molecule has 210 valence electrons. The molecule has 2 atom stereocenters. The fraction of sp³-hybridized carbons (Fsp3) is 0.318. The van der Waals surface area contributed by atoms with E-state index in [-0.39, 0.29) is 17.6 Å². The average Bonchev–Trinajstić information content (AvgIpc) is 3.52. The molecule has 13 nitrogen and oxygen atoms in total. The largest absolute Gasteiger partial charge is 0.412 e. The normalized spacial score (nSPS) is 15.7. The first-order valence-corrected chi connectivity index (χ1v) is 13.3. The zero-order valence-electron chi connectivity index (χ0n) is 20.4. The van der Waals surface area contributed by atoms with Gasteiger partial charge < -0.3 is 10.6 Å². The first-order valence-electron chi connectivity index (χ1n) is 11.1. The van der Waals surface area contributed by atoms with Gasteiger partial charge in [0, 0.05) is 60.0 Å². The van der Waals surface area contributed by atoms with Gasteiger partial charge in [0.25, 0.3) is 0 Å². The molecule has 1 aromatic carbocycles. The van der Waals surface area contributed by atoms with E-state index in [1.807, 2.05) is 6.92 Å². The molecule has 4 heterocycles. The van der Waals surface area contributed by atoms with Crippen LogP contribution in [0, 0.1) is 11.6 Å². The van der Waals surface area contributed by atoms with Crippen molar-refractivity contribution in [1.29, 1.82) is 0 Å². The van der Waals surface area contributed by atoms with E-state index in [1.54, 1.807) is 23.7 Å². The van der Waals surface area contributed by atoms with Crippen molar-refractivity contribution in [3.63, 3.8) is 0 Å². The fourth-order valence-corrected chi connectivity index (χ4v) is 5.33. The van der Waals surface area contributed by atoms with Crippen molar-refractivity contribution < 1.29 is 36.9 Å². The Morgan fingerprint density at radius 3 is 2.46 bits per heavy atom. The predicted molar refractivity (Wildman–Crippen MR) is 135 cm³/mol. The summed E-state index contributed by atoms with van der Waals surface area (Å²) in [4.78, 5) is 20.0. The summed E-state index contributed by atoms with van der Waals surface area (Å²) in [5.74, 6) is -1.50. The molecular formula is C22H25F2N7O6S2. The van der Waals surface area contributed by atoms with Crippen LogP contribution in [0.5, 0.6) is 0 Å². The molecule has 0 radical (unpaired) electrons. The zero-order chi connectivity index (χ0) is 27.5. The number of thiazole rings is 1. The quantitative estimate of drug-likeness (QED) is 0.276. The van der Waals surface area contributed by atoms with Gasteiger partial charge in [-0.05, 0) is 13.0 Å². The van der Waals surface area contributed by atoms with Crippen LogP contribution in [0.2, 0.25) is 0 Å². The molecule has 0 unspecified atom stereocenters. The third-order valence-electron chi connectivity index (χ3n) is 6.07. The SMILES string of the molecule is C[C@@H](N1CCc2nc(-c3cncnc3)sc2C1)[C@](O)(Cn1cncn1)c1ccc(F)cc1F.O.O=S(=O)(O)O. The number of fused-ring (bicyclic) bond motifs is 1. The summed E-state index contributed by atoms with van der Waals surface area (Å²) in [7, 11) is -4.67. The van der Waals surface area contributed by atoms with E-state index < -0.39 is 33.7 Å². The Morgan fingerprint density at radius 1 is 1.15 bits per heavy atom. The average molecular weight is 586 g/mol. The van der Waals surface area contributed by atoms with Crippen molar-refractivity contribution in [2.75, 3.05) is 6.54 Å². The maximum absolute atomic E-state index is 14.8. The second kappa shape index (κ2) is 12.2. The van der Waals surface area contributed by atoms with Gasteiger partial charge in [0.05, 0.1) is 12.2 Å². The van der Waals surface area contributed by atoms with Gasteiger partial charge in [-0.3, -0.25) is 14.0 Å². The first kappa shape index (κ1) is 30.2. The number of aliphatic hydroxyl groups is 1. The molecule has 0 saturated carbocycles. The zero-order valence-corrected chi connectivity index (χ0v) is 22.0. The fourth-order valence-electron chi connectivity index (χ4n) is 4.23. The van der Waals surface area contributed by atoms with Crippen LogP contribution in [0.25, 0.3) is 10.6 Å². The molecule has 1 aliphatic rings. The van der Waals surface area contributed by atoms with Gasteiger partial charge >= 0.3 is 10.4 Å². The number of hydrogen-bond acceptors (Lipinski definition) is 10. The summed E-state index contributed by atoms with van der Waals surface area (Å²) in [5, 5.41) is 16.8. The smallest absolute Gasteiger partial charge is 0.394 e. The molecule has 39 heavy (non-hydrogen) atoms. The topological polar surface area (TPSA) is 199 Å². The highest BCUT2D eigenvalue weighted by atomic mass is 32.3. The molecule has 0 spiro atoms. The van der Waals surface area contributed by atoms with Crippen LogP contribution < -0.4 is 0 Å². The Labute approximate surface area is 225 Å². The molecule has 0 fully saturated rings. The summed E-state index contributed by atoms with van der Waals surface area (Å²) < 4.78 is 61.5. The molecule has 0 bridgehead atoms. The van der Waals surface area contributed by atoms with Crippen molar-refractivity contribution in [2.45, 2.75) is 38.1 Å². The van der Waals surface area contributed by atoms with Crippen LogP contribution in [0.3, 0.4) is 0 Å². The minimum Gasteiger partial charge on any atom is -0.412 e. The van der Waals surface area contributed by atoms with E-state index >= 15 is 0 Å². The van der Waals surface area contributed by atoms with Crippen molar-refractivity contribution in [2.24, 2.45) is 0 Å². The summed E-state index contributed by atoms with van der Waals surface area (Å²) in [6.45, 7) is 2.99. The van der Waals surface area contributed by atoms with E-state index in [0.29, 0.717) is 19.5 Å². The third kappa shape index (κ3) is 7.41. The van der Waals surface area contributed by atoms with Crippen LogP contribution in [0.4, 0.5) is 8.78 Å². The van der Waals surface area contributed by atoms with Gasteiger partial charge in [-0.25, -0.2) is 33.4 Å². The van der Waals surface area contributed by atoms with Crippen LogP contribution >= 0.6 is 11.3 Å². The molecule has 4 aromatic rings. The number of aromatic nitrogens is 6. The van der Waals surface area contributed by atoms with Gasteiger partial charge in [-0.2, -0.15) is 13.5 Å². The Kier molecular flexibility index (Phi) is 9.49. The molecule has 3 aromatic heterocycles. The molecular weight excluding hydrogens is 560 g/mol. The number of halogens is 2. The lowest BCUT2D eigenvalue weighted by Gasteiger charge is -2.42. The van der Waals surface area contributed by atoms with Crippen LogP contribution in [-0.2, 0) is 35.5 Å². The molecule has 17 heteroatoms. The van der Waals surface area contributed by atoms with E-state index in [4.69, 9.17) is 22.5 Å². The highest BCUT2D eigenvalue weighted by Gasteiger charge is 2.43. The number of rotatable bonds is 6. The van der Waals surface area contributed by atoms with Crippen LogP contribution in [0.15, 0.2) is 49.6 Å². The lowest BCUT2D eigenvalue weighted by molar-refractivity contribution is -0.0675. The van der Waals surface area contributed by atoms with E-state index in [2.05, 4.69) is 25.0 Å². The van der Waals surface area contributed by atoms with Crippen molar-refractivity contribution in [3.05, 3.63) is 77.3 Å². The van der Waals surface area contributed by atoms with Crippen LogP contribution in [0.1, 0.15) is 23.1 Å². The molecule has 0 saturated heterocycles. The lowest BCUT2D eigenvalue weighted by Crippen LogP contribution is -2.53. The van der Waals surface area contributed by atoms with E-state index in [1.165, 1.54) is 29.7 Å². The Morgan fingerprint density at radius 2 is 1.85 bits per heavy atom. The van der Waals surface area contributed by atoms with Crippen molar-refractivity contribution in [1.82, 2.24) is 34.6 Å². The minimum absolute atomic E-state index is 0. The monoisotopic (exact) mass is 585 g/mol. The van der Waals surface area contributed by atoms with Gasteiger partial charge in [-0.15, -0.1) is 11.3 Å². The number of hydrogen-bond donors (Lipinski definition) is 3. The predicted octanol–water partition coefficient (Wildman–Crippen LogP) is 1.33. The lowest BCUT2D eigenvalue weighted by atomic mass is 9.85. The highest BCUT2D eigenvalue weighted by Crippen LogP contribution is 2.37. The summed E-state index contributed by atoms with van der Waals surface area (Å²) in [6.07, 6.45) is 8.44. The van der Waals surface area contributed by atoms with Crippen molar-refractivity contribution >= 4 is 21.7 Å². The molecule has 1 aliphatic heterocycles. The summed E-state index contributed by atoms with van der Waals surface area (Å²) in [5.41, 5.74) is 0.204. The molecule has 5 rings (SSSR count). The van der Waals surface area contributed by atoms with Gasteiger partial charge in [0.1, 0.15) is 41.2 Å². The van der Waals surface area contributed by atoms with Gasteiger partial charge in [0.2, 0.25) is 0 Å². The molecule has 0 amide bonds. The second-order valence-electron chi connectivity index (χ2n) is 8.50. The van der Waals surface area contributed by atoms with E-state index in [0.717, 1.165) is 33.3 Å². The van der Waals surface area contributed by atoms with Gasteiger partial charge in [-0.1, -0.05) is 6.07 Å². The standard InChI is InChI=1S/C22H21F2N7OS.H2O4S.H2O/c1-14(22(32,10-31-13-27-12-28-31)17-3-2-16(23)6-18(17)24)30-5-4-19-20(9-30)33-21(29-19)15-7-25-11-26-8-15;1-5(2,3)4;/h2-3,6-8,11-14,32H,4-5,9-10H2,1H3;(H2,1,2,3,4);1H2/t14-,22-;;/m1../s1. The number of nitrogens with zero attached hydrogens (tertiary/aromatic N) is 7. The molecule has 0 aliphatic carbocycles. The minimum atomic E-state index is -4.67. The maximum Gasteiger partial charge on any atom is 0.394 e. The van der Waals surface area contributed by atoms with Gasteiger partial charge in [0.15, 0.2) is 0 Å². The Bertz CT molecular complexity index is 1480. The first-order chi connectivity index (χ1) is 17.9. The summed E-state index contributed by atoms with van der Waals surface area (Å²) >= 11 is 1.56. The van der Waals surface area contributed by atoms with Crippen LogP contribution in [-0.4, -0.2) is 75.3 Å². The van der Waals surface area contributed by atoms with Crippen molar-refractivity contribution in [3.8, 4) is 10.6 Å². The second-order valence-corrected chi connectivity index (χ2v) is 10.5.